The van der Waals surface area contributed by atoms with Crippen LogP contribution in [0.5, 0.6) is 0 Å². The van der Waals surface area contributed by atoms with Crippen LogP contribution in [0.1, 0.15) is 26.7 Å². The molecule has 28 heavy (non-hydrogen) atoms. The Kier molecular flexibility index (Phi) is 4.69. The summed E-state index contributed by atoms with van der Waals surface area (Å²) >= 11 is 0. The third-order valence-corrected chi connectivity index (χ3v) is 5.97. The molecule has 6 nitrogen and oxygen atoms in total. The van der Waals surface area contributed by atoms with Crippen LogP contribution in [0.3, 0.4) is 0 Å². The highest BCUT2D eigenvalue weighted by Crippen LogP contribution is 2.44. The molecule has 2 atom stereocenters. The van der Waals surface area contributed by atoms with Crippen LogP contribution in [0.4, 0.5) is 10.1 Å². The number of carbonyl (C=O) groups is 1. The first-order valence-electron chi connectivity index (χ1n) is 9.69. The summed E-state index contributed by atoms with van der Waals surface area (Å²) in [5.41, 5.74) is 0.381. The topological polar surface area (TPSA) is 58.4 Å². The Balaban J connectivity index is 1.50. The zero-order valence-corrected chi connectivity index (χ0v) is 16.2. The summed E-state index contributed by atoms with van der Waals surface area (Å²) in [6.45, 7) is 5.67. The lowest BCUT2D eigenvalue weighted by Gasteiger charge is -2.42. The second kappa shape index (κ2) is 7.04. The maximum atomic E-state index is 13.8. The van der Waals surface area contributed by atoms with Gasteiger partial charge in [-0.1, -0.05) is 6.07 Å². The number of hydrogen-bond donors (Lipinski definition) is 0. The number of benzene rings is 1. The van der Waals surface area contributed by atoms with Gasteiger partial charge in [0.15, 0.2) is 0 Å². The molecule has 7 heteroatoms. The number of hydrogen-bond acceptors (Lipinski definition) is 4. The summed E-state index contributed by atoms with van der Waals surface area (Å²) in [6.07, 6.45) is 4.78. The van der Waals surface area contributed by atoms with E-state index in [2.05, 4.69) is 23.7 Å². The summed E-state index contributed by atoms with van der Waals surface area (Å²) in [4.78, 5) is 32.4. The van der Waals surface area contributed by atoms with Crippen LogP contribution < -0.4 is 10.6 Å². The molecule has 2 saturated heterocycles. The van der Waals surface area contributed by atoms with Gasteiger partial charge in [0, 0.05) is 42.8 Å². The number of carbonyl (C=O) groups excluding carboxylic acids is 1. The van der Waals surface area contributed by atoms with Crippen molar-refractivity contribution in [2.45, 2.75) is 44.8 Å². The average Bonchev–Trinajstić information content (AvgIpc) is 2.92. The van der Waals surface area contributed by atoms with Crippen molar-refractivity contribution in [2.75, 3.05) is 18.0 Å². The van der Waals surface area contributed by atoms with E-state index in [1.165, 1.54) is 16.8 Å². The van der Waals surface area contributed by atoms with Crippen molar-refractivity contribution in [1.29, 1.82) is 0 Å². The molecular formula is C21H25FN4O2. The smallest absolute Gasteiger partial charge is 0.347 e. The van der Waals surface area contributed by atoms with Gasteiger partial charge in [0.2, 0.25) is 5.91 Å². The number of amides is 1. The molecule has 1 aromatic carbocycles. The number of halogens is 1. The Bertz CT molecular complexity index is 942. The van der Waals surface area contributed by atoms with Gasteiger partial charge in [0.25, 0.3) is 0 Å². The summed E-state index contributed by atoms with van der Waals surface area (Å²) in [7, 11) is 0. The third-order valence-electron chi connectivity index (χ3n) is 5.97. The number of nitrogens with zero attached hydrogens (tertiary/aromatic N) is 4. The monoisotopic (exact) mass is 384 g/mol. The number of piperidine rings is 1. The summed E-state index contributed by atoms with van der Waals surface area (Å²) in [5, 5.41) is 0. The van der Waals surface area contributed by atoms with Gasteiger partial charge in [0.05, 0.1) is 0 Å². The predicted octanol–water partition coefficient (Wildman–Crippen LogP) is 2.29. The van der Waals surface area contributed by atoms with Crippen molar-refractivity contribution in [2.24, 2.45) is 5.92 Å². The second-order valence-corrected chi connectivity index (χ2v) is 8.35. The van der Waals surface area contributed by atoms with Gasteiger partial charge in [0.1, 0.15) is 12.4 Å². The van der Waals surface area contributed by atoms with Gasteiger partial charge in [-0.3, -0.25) is 9.36 Å². The molecule has 148 valence electrons. The minimum Gasteiger partial charge on any atom is -0.363 e. The molecule has 0 bridgehead atoms. The highest BCUT2D eigenvalue weighted by Gasteiger charge is 2.48. The first kappa shape index (κ1) is 18.7. The van der Waals surface area contributed by atoms with Crippen LogP contribution in [0, 0.1) is 11.7 Å². The average molecular weight is 384 g/mol. The number of aromatic nitrogens is 2. The van der Waals surface area contributed by atoms with Crippen molar-refractivity contribution in [3.05, 3.63) is 59.0 Å². The molecule has 2 aromatic rings. The van der Waals surface area contributed by atoms with E-state index in [-0.39, 0.29) is 29.8 Å². The van der Waals surface area contributed by atoms with Gasteiger partial charge in [-0.2, -0.15) is 0 Å². The van der Waals surface area contributed by atoms with Gasteiger partial charge < -0.3 is 9.80 Å². The Morgan fingerprint density at radius 1 is 1.32 bits per heavy atom. The van der Waals surface area contributed by atoms with Gasteiger partial charge in [-0.25, -0.2) is 14.2 Å². The molecule has 2 aliphatic heterocycles. The molecule has 0 aliphatic carbocycles. The van der Waals surface area contributed by atoms with E-state index < -0.39 is 5.69 Å². The molecular weight excluding hydrogens is 359 g/mol. The van der Waals surface area contributed by atoms with Crippen molar-refractivity contribution < 1.29 is 9.18 Å². The lowest BCUT2D eigenvalue weighted by molar-refractivity contribution is -0.133. The molecule has 2 aliphatic rings. The summed E-state index contributed by atoms with van der Waals surface area (Å²) in [6, 6.07) is 8.69. The molecule has 0 spiro atoms. The minimum atomic E-state index is -0.412. The number of anilines is 1. The van der Waals surface area contributed by atoms with Crippen LogP contribution in [0.25, 0.3) is 0 Å². The first-order valence-corrected chi connectivity index (χ1v) is 9.69. The number of likely N-dealkylation sites (tertiary alicyclic amines) is 1. The molecule has 4 rings (SSSR count). The highest BCUT2D eigenvalue weighted by molar-refractivity contribution is 5.76. The number of rotatable bonds is 3. The van der Waals surface area contributed by atoms with Gasteiger partial charge in [-0.15, -0.1) is 0 Å². The standard InChI is InChI=1S/C21H25FN4O2/c1-21(2)12-15-13-24(19(27)14-25-9-4-8-23-20(25)28)10-7-18(15)26(21)17-6-3-5-16(22)11-17/h3-6,8-9,11,15,18H,7,10,12-14H2,1-2H3/t15-,18+/m1/s1. The lowest BCUT2D eigenvalue weighted by Crippen LogP contribution is -2.51. The Morgan fingerprint density at radius 3 is 2.89 bits per heavy atom. The molecule has 2 fully saturated rings. The molecule has 1 aromatic heterocycles. The zero-order valence-electron chi connectivity index (χ0n) is 16.2. The fourth-order valence-electron chi connectivity index (χ4n) is 4.90. The second-order valence-electron chi connectivity index (χ2n) is 8.35. The van der Waals surface area contributed by atoms with Crippen molar-refractivity contribution in [1.82, 2.24) is 14.5 Å². The van der Waals surface area contributed by atoms with Crippen LogP contribution in [-0.4, -0.2) is 45.0 Å². The third kappa shape index (κ3) is 3.41. The largest absolute Gasteiger partial charge is 0.363 e. The van der Waals surface area contributed by atoms with E-state index in [1.807, 2.05) is 11.0 Å². The molecule has 0 N–H and O–H groups in total. The van der Waals surface area contributed by atoms with Crippen LogP contribution in [0.15, 0.2) is 47.5 Å². The van der Waals surface area contributed by atoms with Crippen LogP contribution in [0.2, 0.25) is 0 Å². The summed E-state index contributed by atoms with van der Waals surface area (Å²) < 4.78 is 15.1. The molecule has 0 radical (unpaired) electrons. The first-order chi connectivity index (χ1) is 13.3. The van der Waals surface area contributed by atoms with E-state index >= 15 is 0 Å². The normalized spacial score (nSPS) is 23.5. The van der Waals surface area contributed by atoms with Gasteiger partial charge in [-0.05, 0) is 56.9 Å². The zero-order chi connectivity index (χ0) is 19.9. The van der Waals surface area contributed by atoms with Crippen molar-refractivity contribution in [3.8, 4) is 0 Å². The quantitative estimate of drug-likeness (QED) is 0.815. The van der Waals surface area contributed by atoms with E-state index in [9.17, 15) is 14.0 Å². The molecule has 0 saturated carbocycles. The maximum Gasteiger partial charge on any atom is 0.347 e. The summed E-state index contributed by atoms with van der Waals surface area (Å²) in [5.74, 6) is 0.0309. The predicted molar refractivity (Wildman–Crippen MR) is 105 cm³/mol. The minimum absolute atomic E-state index is 0.0149. The molecule has 0 unspecified atom stereocenters. The molecule has 3 heterocycles. The van der Waals surface area contributed by atoms with Crippen LogP contribution in [-0.2, 0) is 11.3 Å². The van der Waals surface area contributed by atoms with E-state index in [1.54, 1.807) is 24.4 Å². The van der Waals surface area contributed by atoms with E-state index in [0.29, 0.717) is 19.0 Å². The highest BCUT2D eigenvalue weighted by atomic mass is 19.1. The maximum absolute atomic E-state index is 13.8. The molecule has 1 amide bonds. The lowest BCUT2D eigenvalue weighted by atomic mass is 9.89. The fourth-order valence-corrected chi connectivity index (χ4v) is 4.90. The Hall–Kier alpha value is -2.70. The van der Waals surface area contributed by atoms with Crippen molar-refractivity contribution in [3.63, 3.8) is 0 Å². The van der Waals surface area contributed by atoms with Crippen LogP contribution >= 0.6 is 0 Å². The number of fused-ring (bicyclic) bond motifs is 1. The van der Waals surface area contributed by atoms with Crippen molar-refractivity contribution >= 4 is 11.6 Å². The fraction of sp³-hybridized carbons (Fsp3) is 0.476. The van der Waals surface area contributed by atoms with Gasteiger partial charge >= 0.3 is 5.69 Å². The Labute approximate surface area is 163 Å². The Morgan fingerprint density at radius 2 is 2.14 bits per heavy atom. The van der Waals surface area contributed by atoms with E-state index in [0.717, 1.165) is 18.5 Å². The SMILES string of the molecule is CC1(C)C[C@@H]2CN(C(=O)Cn3cccnc3=O)CC[C@@H]2N1c1cccc(F)c1. The van der Waals surface area contributed by atoms with E-state index in [4.69, 9.17) is 0 Å².